The van der Waals surface area contributed by atoms with Crippen LogP contribution in [0.15, 0.2) is 42.5 Å². The molecule has 8 nitrogen and oxygen atoms in total. The topological polar surface area (TPSA) is 96.0 Å². The molecule has 2 amide bonds. The van der Waals surface area contributed by atoms with Crippen LogP contribution in [0.1, 0.15) is 49.8 Å². The smallest absolute Gasteiger partial charge is 0.244 e. The molecule has 0 heterocycles. The molecular weight excluding hydrogens is 478 g/mol. The van der Waals surface area contributed by atoms with Gasteiger partial charge < -0.3 is 15.0 Å². The molecule has 198 valence electrons. The van der Waals surface area contributed by atoms with Gasteiger partial charge in [-0.05, 0) is 67.6 Å². The molecule has 2 rings (SSSR count). The Morgan fingerprint density at radius 2 is 1.72 bits per heavy atom. The van der Waals surface area contributed by atoms with Crippen LogP contribution in [-0.2, 0) is 26.2 Å². The molecule has 0 bridgehead atoms. The number of carbonyl (C=O) groups excluding carboxylic acids is 2. The predicted molar refractivity (Wildman–Crippen MR) is 144 cm³/mol. The van der Waals surface area contributed by atoms with Crippen LogP contribution in [-0.4, -0.2) is 57.6 Å². The summed E-state index contributed by atoms with van der Waals surface area (Å²) in [5.74, 6) is -0.0762. The maximum Gasteiger partial charge on any atom is 0.244 e. The van der Waals surface area contributed by atoms with Crippen LogP contribution in [0.2, 0.25) is 0 Å². The van der Waals surface area contributed by atoms with Gasteiger partial charge in [-0.25, -0.2) is 8.42 Å². The van der Waals surface area contributed by atoms with E-state index in [4.69, 9.17) is 4.74 Å². The van der Waals surface area contributed by atoms with E-state index in [2.05, 4.69) is 5.32 Å². The standard InChI is InChI=1S/C27H39N3O5S/c1-7-9-13-28-27(32)25(8-2)29(18-22-11-10-12-24(17-22)35-5)26(31)19-30(36(6,33)34)23-15-20(3)14-21(4)16-23/h10-12,14-17,25H,7-9,13,18-19H2,1-6H3,(H,28,32). The molecule has 0 spiro atoms. The average molecular weight is 518 g/mol. The minimum Gasteiger partial charge on any atom is -0.497 e. The zero-order chi connectivity index (χ0) is 26.9. The first-order chi connectivity index (χ1) is 17.0. The van der Waals surface area contributed by atoms with E-state index in [1.807, 2.05) is 45.9 Å². The Morgan fingerprint density at radius 3 is 2.28 bits per heavy atom. The van der Waals surface area contributed by atoms with Crippen LogP contribution < -0.4 is 14.4 Å². The van der Waals surface area contributed by atoms with Gasteiger partial charge in [0.05, 0.1) is 19.1 Å². The van der Waals surface area contributed by atoms with Gasteiger partial charge in [0, 0.05) is 13.1 Å². The fraction of sp³-hybridized carbons (Fsp3) is 0.481. The van der Waals surface area contributed by atoms with E-state index >= 15 is 0 Å². The van der Waals surface area contributed by atoms with Crippen molar-refractivity contribution < 1.29 is 22.7 Å². The number of amides is 2. The number of nitrogens with one attached hydrogen (secondary N) is 1. The molecule has 0 saturated carbocycles. The molecule has 36 heavy (non-hydrogen) atoms. The predicted octanol–water partition coefficient (Wildman–Crippen LogP) is 3.80. The summed E-state index contributed by atoms with van der Waals surface area (Å²) in [7, 11) is -2.21. The number of methoxy groups -OCH3 is 1. The summed E-state index contributed by atoms with van der Waals surface area (Å²) in [6.07, 6.45) is 3.23. The van der Waals surface area contributed by atoms with Crippen molar-refractivity contribution in [3.63, 3.8) is 0 Å². The molecular formula is C27H39N3O5S. The van der Waals surface area contributed by atoms with Crippen molar-refractivity contribution >= 4 is 27.5 Å². The van der Waals surface area contributed by atoms with Crippen LogP contribution in [0.4, 0.5) is 5.69 Å². The number of benzene rings is 2. The number of nitrogens with zero attached hydrogens (tertiary/aromatic N) is 2. The van der Waals surface area contributed by atoms with Gasteiger partial charge in [0.25, 0.3) is 0 Å². The average Bonchev–Trinajstić information content (AvgIpc) is 2.81. The van der Waals surface area contributed by atoms with Crippen molar-refractivity contribution in [2.45, 2.75) is 59.5 Å². The fourth-order valence-electron chi connectivity index (χ4n) is 4.10. The minimum atomic E-state index is -3.77. The summed E-state index contributed by atoms with van der Waals surface area (Å²) in [6.45, 7) is 7.88. The third-order valence-corrected chi connectivity index (χ3v) is 7.02. The number of sulfonamides is 1. The van der Waals surface area contributed by atoms with Crippen molar-refractivity contribution in [1.82, 2.24) is 10.2 Å². The number of aryl methyl sites for hydroxylation is 2. The van der Waals surface area contributed by atoms with E-state index in [9.17, 15) is 18.0 Å². The first kappa shape index (κ1) is 29.2. The highest BCUT2D eigenvalue weighted by Gasteiger charge is 2.31. The van der Waals surface area contributed by atoms with Gasteiger partial charge >= 0.3 is 0 Å². The Labute approximate surface area is 215 Å². The molecule has 1 atom stereocenters. The lowest BCUT2D eigenvalue weighted by atomic mass is 10.1. The number of anilines is 1. The molecule has 9 heteroatoms. The third kappa shape index (κ3) is 8.26. The summed E-state index contributed by atoms with van der Waals surface area (Å²) < 4.78 is 31.9. The Morgan fingerprint density at radius 1 is 1.06 bits per heavy atom. The number of unbranched alkanes of at least 4 members (excludes halogenated alkanes) is 1. The lowest BCUT2D eigenvalue weighted by molar-refractivity contribution is -0.140. The van der Waals surface area contributed by atoms with Crippen molar-refractivity contribution in [3.8, 4) is 5.75 Å². The zero-order valence-corrected chi connectivity index (χ0v) is 23.0. The molecule has 2 aromatic rings. The first-order valence-corrected chi connectivity index (χ1v) is 14.1. The molecule has 1 N–H and O–H groups in total. The van der Waals surface area contributed by atoms with E-state index in [-0.39, 0.29) is 12.5 Å². The summed E-state index contributed by atoms with van der Waals surface area (Å²) in [6, 6.07) is 11.9. The van der Waals surface area contributed by atoms with Crippen molar-refractivity contribution in [2.75, 3.05) is 30.8 Å². The lowest BCUT2D eigenvalue weighted by Crippen LogP contribution is -2.52. The van der Waals surface area contributed by atoms with Gasteiger partial charge in [0.1, 0.15) is 18.3 Å². The van der Waals surface area contributed by atoms with Crippen LogP contribution in [0, 0.1) is 13.8 Å². The maximum absolute atomic E-state index is 13.7. The van der Waals surface area contributed by atoms with E-state index in [1.54, 1.807) is 31.4 Å². The highest BCUT2D eigenvalue weighted by molar-refractivity contribution is 7.92. The summed E-state index contributed by atoms with van der Waals surface area (Å²) in [4.78, 5) is 28.3. The van der Waals surface area contributed by atoms with Gasteiger partial charge in [0.2, 0.25) is 21.8 Å². The van der Waals surface area contributed by atoms with Crippen LogP contribution in [0.25, 0.3) is 0 Å². The second-order valence-corrected chi connectivity index (χ2v) is 11.0. The molecule has 0 aliphatic rings. The van der Waals surface area contributed by atoms with Gasteiger partial charge in [-0.3, -0.25) is 13.9 Å². The van der Waals surface area contributed by atoms with Crippen LogP contribution in [0.5, 0.6) is 5.75 Å². The summed E-state index contributed by atoms with van der Waals surface area (Å²) in [5.41, 5.74) is 2.98. The SMILES string of the molecule is CCCCNC(=O)C(CC)N(Cc1cccc(OC)c1)C(=O)CN(c1cc(C)cc(C)c1)S(C)(=O)=O. The number of ether oxygens (including phenoxy) is 1. The Hall–Kier alpha value is -3.07. The number of carbonyl (C=O) groups is 2. The first-order valence-electron chi connectivity index (χ1n) is 12.3. The van der Waals surface area contributed by atoms with Gasteiger partial charge in [-0.2, -0.15) is 0 Å². The molecule has 1 unspecified atom stereocenters. The minimum absolute atomic E-state index is 0.139. The second kappa shape index (κ2) is 13.3. The summed E-state index contributed by atoms with van der Waals surface area (Å²) >= 11 is 0. The third-order valence-electron chi connectivity index (χ3n) is 5.88. The molecule has 0 fully saturated rings. The van der Waals surface area contributed by atoms with Crippen molar-refractivity contribution in [1.29, 1.82) is 0 Å². The number of hydrogen-bond acceptors (Lipinski definition) is 5. The van der Waals surface area contributed by atoms with Crippen molar-refractivity contribution in [3.05, 3.63) is 59.2 Å². The number of hydrogen-bond donors (Lipinski definition) is 1. The van der Waals surface area contributed by atoms with E-state index in [0.717, 1.165) is 40.1 Å². The molecule has 0 aliphatic heterocycles. The van der Waals surface area contributed by atoms with E-state index in [0.29, 0.717) is 24.4 Å². The Balaban J connectivity index is 2.45. The Kier molecular flexibility index (Phi) is 10.8. The molecule has 0 aromatic heterocycles. The largest absolute Gasteiger partial charge is 0.497 e. The fourth-order valence-corrected chi connectivity index (χ4v) is 4.93. The normalized spacial score (nSPS) is 12.1. The molecule has 0 saturated heterocycles. The number of rotatable bonds is 13. The molecule has 2 aromatic carbocycles. The zero-order valence-electron chi connectivity index (χ0n) is 22.2. The highest BCUT2D eigenvalue weighted by atomic mass is 32.2. The Bertz CT molecular complexity index is 1130. The maximum atomic E-state index is 13.7. The van der Waals surface area contributed by atoms with Crippen molar-refractivity contribution in [2.24, 2.45) is 0 Å². The highest BCUT2D eigenvalue weighted by Crippen LogP contribution is 2.23. The van der Waals surface area contributed by atoms with Crippen LogP contribution >= 0.6 is 0 Å². The van der Waals surface area contributed by atoms with E-state index in [1.165, 1.54) is 4.90 Å². The van der Waals surface area contributed by atoms with Crippen LogP contribution in [0.3, 0.4) is 0 Å². The van der Waals surface area contributed by atoms with E-state index < -0.39 is 28.5 Å². The monoisotopic (exact) mass is 517 g/mol. The van der Waals surface area contributed by atoms with Gasteiger partial charge in [0.15, 0.2) is 0 Å². The molecule has 0 aliphatic carbocycles. The lowest BCUT2D eigenvalue weighted by Gasteiger charge is -2.33. The van der Waals surface area contributed by atoms with Gasteiger partial charge in [-0.1, -0.05) is 38.5 Å². The molecule has 0 radical (unpaired) electrons. The summed E-state index contributed by atoms with van der Waals surface area (Å²) in [5, 5.41) is 2.92. The quantitative estimate of drug-likeness (QED) is 0.408. The second-order valence-electron chi connectivity index (χ2n) is 9.06. The van der Waals surface area contributed by atoms with Gasteiger partial charge in [-0.15, -0.1) is 0 Å².